The molecule has 0 aliphatic rings. The standard InChI is InChI=1S/C15H19N3O3/c1-3-18(11-14(19)20-4-2)10-13-16-17-15(21-13)12-8-6-5-7-9-12/h5-9H,3-4,10-11H2,1-2H3. The van der Waals surface area contributed by atoms with E-state index in [1.54, 1.807) is 6.92 Å². The maximum absolute atomic E-state index is 11.5. The summed E-state index contributed by atoms with van der Waals surface area (Å²) in [6.45, 7) is 5.48. The van der Waals surface area contributed by atoms with Crippen LogP contribution in [0.15, 0.2) is 34.7 Å². The minimum Gasteiger partial charge on any atom is -0.465 e. The fraction of sp³-hybridized carbons (Fsp3) is 0.400. The first-order chi connectivity index (χ1) is 10.2. The van der Waals surface area contributed by atoms with Crippen LogP contribution in [0, 0.1) is 0 Å². The molecule has 0 N–H and O–H groups in total. The van der Waals surface area contributed by atoms with Gasteiger partial charge in [-0.1, -0.05) is 25.1 Å². The van der Waals surface area contributed by atoms with Crippen molar-refractivity contribution < 1.29 is 13.9 Å². The van der Waals surface area contributed by atoms with Crippen molar-refractivity contribution in [1.82, 2.24) is 15.1 Å². The molecule has 2 rings (SSSR count). The van der Waals surface area contributed by atoms with Gasteiger partial charge in [-0.25, -0.2) is 0 Å². The Labute approximate surface area is 123 Å². The Morgan fingerprint density at radius 2 is 2.00 bits per heavy atom. The SMILES string of the molecule is CCOC(=O)CN(CC)Cc1nnc(-c2ccccc2)o1. The zero-order valence-electron chi connectivity index (χ0n) is 12.3. The van der Waals surface area contributed by atoms with Crippen LogP contribution in [0.5, 0.6) is 0 Å². The van der Waals surface area contributed by atoms with Crippen LogP contribution in [0.25, 0.3) is 11.5 Å². The van der Waals surface area contributed by atoms with E-state index in [9.17, 15) is 4.79 Å². The molecule has 0 saturated heterocycles. The fourth-order valence-corrected chi connectivity index (χ4v) is 1.87. The topological polar surface area (TPSA) is 68.5 Å². The van der Waals surface area contributed by atoms with Crippen molar-refractivity contribution in [3.63, 3.8) is 0 Å². The van der Waals surface area contributed by atoms with Crippen molar-refractivity contribution in [2.24, 2.45) is 0 Å². The van der Waals surface area contributed by atoms with Crippen LogP contribution in [0.3, 0.4) is 0 Å². The fourth-order valence-electron chi connectivity index (χ4n) is 1.87. The highest BCUT2D eigenvalue weighted by atomic mass is 16.5. The number of benzene rings is 1. The van der Waals surface area contributed by atoms with E-state index in [1.807, 2.05) is 42.2 Å². The number of likely N-dealkylation sites (N-methyl/N-ethyl adjacent to an activating group) is 1. The molecule has 0 bridgehead atoms. The third-order valence-corrected chi connectivity index (χ3v) is 2.95. The quantitative estimate of drug-likeness (QED) is 0.727. The number of carbonyl (C=O) groups is 1. The second-order valence-electron chi connectivity index (χ2n) is 4.48. The molecule has 0 spiro atoms. The van der Waals surface area contributed by atoms with E-state index in [4.69, 9.17) is 9.15 Å². The molecule has 0 amide bonds. The number of esters is 1. The molecule has 6 nitrogen and oxygen atoms in total. The first kappa shape index (κ1) is 15.2. The maximum Gasteiger partial charge on any atom is 0.320 e. The van der Waals surface area contributed by atoms with E-state index in [1.165, 1.54) is 0 Å². The van der Waals surface area contributed by atoms with Crippen LogP contribution in [-0.2, 0) is 16.1 Å². The minimum atomic E-state index is -0.248. The molecule has 1 aromatic heterocycles. The van der Waals surface area contributed by atoms with E-state index in [2.05, 4.69) is 10.2 Å². The Morgan fingerprint density at radius 3 is 2.67 bits per heavy atom. The van der Waals surface area contributed by atoms with Crippen molar-refractivity contribution in [3.05, 3.63) is 36.2 Å². The molecule has 0 aliphatic carbocycles. The molecule has 0 saturated carbocycles. The lowest BCUT2D eigenvalue weighted by Crippen LogP contribution is -2.30. The minimum absolute atomic E-state index is 0.216. The van der Waals surface area contributed by atoms with Crippen molar-refractivity contribution in [2.45, 2.75) is 20.4 Å². The maximum atomic E-state index is 11.5. The van der Waals surface area contributed by atoms with E-state index < -0.39 is 0 Å². The van der Waals surface area contributed by atoms with Crippen molar-refractivity contribution in [3.8, 4) is 11.5 Å². The summed E-state index contributed by atoms with van der Waals surface area (Å²) >= 11 is 0. The van der Waals surface area contributed by atoms with Crippen LogP contribution in [-0.4, -0.2) is 40.8 Å². The summed E-state index contributed by atoms with van der Waals surface area (Å²) < 4.78 is 10.6. The second-order valence-corrected chi connectivity index (χ2v) is 4.48. The normalized spacial score (nSPS) is 10.8. The molecule has 112 valence electrons. The number of hydrogen-bond acceptors (Lipinski definition) is 6. The molecule has 0 fully saturated rings. The van der Waals surface area contributed by atoms with Crippen LogP contribution in [0.1, 0.15) is 19.7 Å². The molecule has 21 heavy (non-hydrogen) atoms. The number of ether oxygens (including phenoxy) is 1. The molecule has 0 aliphatic heterocycles. The van der Waals surface area contributed by atoms with Crippen molar-refractivity contribution in [2.75, 3.05) is 19.7 Å². The Morgan fingerprint density at radius 1 is 1.24 bits per heavy atom. The third-order valence-electron chi connectivity index (χ3n) is 2.95. The molecule has 1 heterocycles. The van der Waals surface area contributed by atoms with Gasteiger partial charge in [-0.05, 0) is 25.6 Å². The first-order valence-electron chi connectivity index (χ1n) is 6.98. The van der Waals surface area contributed by atoms with Gasteiger partial charge in [0.25, 0.3) is 0 Å². The van der Waals surface area contributed by atoms with Crippen LogP contribution in [0.2, 0.25) is 0 Å². The van der Waals surface area contributed by atoms with Gasteiger partial charge in [-0.3, -0.25) is 9.69 Å². The van der Waals surface area contributed by atoms with E-state index in [-0.39, 0.29) is 12.5 Å². The van der Waals surface area contributed by atoms with Gasteiger partial charge in [0, 0.05) is 5.56 Å². The average Bonchev–Trinajstić information content (AvgIpc) is 2.96. The summed E-state index contributed by atoms with van der Waals surface area (Å²) in [5.41, 5.74) is 0.879. The highest BCUT2D eigenvalue weighted by molar-refractivity contribution is 5.71. The van der Waals surface area contributed by atoms with E-state index in [0.717, 1.165) is 5.56 Å². The molecule has 1 aromatic carbocycles. The van der Waals surface area contributed by atoms with Gasteiger partial charge in [0.1, 0.15) is 0 Å². The van der Waals surface area contributed by atoms with Crippen LogP contribution >= 0.6 is 0 Å². The van der Waals surface area contributed by atoms with Crippen molar-refractivity contribution in [1.29, 1.82) is 0 Å². The van der Waals surface area contributed by atoms with Crippen LogP contribution in [0.4, 0.5) is 0 Å². The van der Waals surface area contributed by atoms with Gasteiger partial charge in [-0.15, -0.1) is 10.2 Å². The zero-order valence-corrected chi connectivity index (χ0v) is 12.3. The molecule has 2 aromatic rings. The van der Waals surface area contributed by atoms with Gasteiger partial charge in [0.15, 0.2) is 0 Å². The predicted octanol–water partition coefficient (Wildman–Crippen LogP) is 2.12. The Hall–Kier alpha value is -2.21. The summed E-state index contributed by atoms with van der Waals surface area (Å²) in [4.78, 5) is 13.4. The van der Waals surface area contributed by atoms with Gasteiger partial charge >= 0.3 is 5.97 Å². The summed E-state index contributed by atoms with van der Waals surface area (Å²) in [7, 11) is 0. The Kier molecular flexibility index (Phi) is 5.45. The summed E-state index contributed by atoms with van der Waals surface area (Å²) in [6, 6.07) is 9.58. The lowest BCUT2D eigenvalue weighted by atomic mass is 10.2. The zero-order chi connectivity index (χ0) is 15.1. The Balaban J connectivity index is 1.99. The lowest BCUT2D eigenvalue weighted by Gasteiger charge is -2.16. The number of rotatable bonds is 7. The second kappa shape index (κ2) is 7.54. The summed E-state index contributed by atoms with van der Waals surface area (Å²) in [6.07, 6.45) is 0. The average molecular weight is 289 g/mol. The summed E-state index contributed by atoms with van der Waals surface area (Å²) in [5, 5.41) is 8.05. The van der Waals surface area contributed by atoms with Gasteiger partial charge in [0.05, 0.1) is 19.7 Å². The highest BCUT2D eigenvalue weighted by Crippen LogP contribution is 2.17. The molecule has 0 unspecified atom stereocenters. The lowest BCUT2D eigenvalue weighted by molar-refractivity contribution is -0.144. The largest absolute Gasteiger partial charge is 0.465 e. The van der Waals surface area contributed by atoms with Gasteiger partial charge in [-0.2, -0.15) is 0 Å². The van der Waals surface area contributed by atoms with Gasteiger partial charge < -0.3 is 9.15 Å². The number of carbonyl (C=O) groups excluding carboxylic acids is 1. The van der Waals surface area contributed by atoms with E-state index in [0.29, 0.717) is 31.5 Å². The third kappa shape index (κ3) is 4.39. The molecular weight excluding hydrogens is 270 g/mol. The molecule has 0 radical (unpaired) electrons. The molecule has 0 atom stereocenters. The van der Waals surface area contributed by atoms with Crippen molar-refractivity contribution >= 4 is 5.97 Å². The van der Waals surface area contributed by atoms with E-state index >= 15 is 0 Å². The molecular formula is C15H19N3O3. The smallest absolute Gasteiger partial charge is 0.320 e. The van der Waals surface area contributed by atoms with Gasteiger partial charge in [0.2, 0.25) is 11.8 Å². The monoisotopic (exact) mass is 289 g/mol. The number of hydrogen-bond donors (Lipinski definition) is 0. The van der Waals surface area contributed by atoms with Crippen LogP contribution < -0.4 is 0 Å². The highest BCUT2D eigenvalue weighted by Gasteiger charge is 2.14. The number of nitrogens with zero attached hydrogens (tertiary/aromatic N) is 3. The molecule has 6 heteroatoms. The summed E-state index contributed by atoms with van der Waals surface area (Å²) in [5.74, 6) is 0.722. The first-order valence-corrected chi connectivity index (χ1v) is 6.98. The Bertz CT molecular complexity index is 569. The number of aromatic nitrogens is 2. The predicted molar refractivity (Wildman–Crippen MR) is 77.3 cm³/mol.